The second-order valence-electron chi connectivity index (χ2n) is 4.88. The van der Waals surface area contributed by atoms with Crippen molar-refractivity contribution in [1.29, 1.82) is 0 Å². The van der Waals surface area contributed by atoms with Gasteiger partial charge in [0.05, 0.1) is 0 Å². The summed E-state index contributed by atoms with van der Waals surface area (Å²) in [5.74, 6) is -1.07. The van der Waals surface area contributed by atoms with Crippen LogP contribution in [0.2, 0.25) is 10.0 Å². The van der Waals surface area contributed by atoms with Crippen molar-refractivity contribution >= 4 is 29.2 Å². The van der Waals surface area contributed by atoms with Gasteiger partial charge < -0.3 is 15.9 Å². The molecular weight excluding hydrogens is 368 g/mol. The fourth-order valence-corrected chi connectivity index (χ4v) is 2.11. The third kappa shape index (κ3) is 11.5. The van der Waals surface area contributed by atoms with Crippen LogP contribution in [0, 0.1) is 5.82 Å². The van der Waals surface area contributed by atoms with Crippen molar-refractivity contribution in [2.24, 2.45) is 5.73 Å². The number of aliphatic carboxylic acids is 1. The minimum Gasteiger partial charge on any atom is -0.481 e. The molecule has 7 heteroatoms. The van der Waals surface area contributed by atoms with E-state index in [0.717, 1.165) is 12.7 Å². The molecule has 0 saturated heterocycles. The molecule has 0 aliphatic rings. The van der Waals surface area contributed by atoms with Crippen LogP contribution in [-0.2, 0) is 4.79 Å². The summed E-state index contributed by atoms with van der Waals surface area (Å²) < 4.78 is 12.1. The summed E-state index contributed by atoms with van der Waals surface area (Å²) in [6, 6.07) is 13.0. The molecule has 0 aliphatic carbocycles. The molecule has 0 radical (unpaired) electrons. The van der Waals surface area contributed by atoms with Gasteiger partial charge >= 0.3 is 5.97 Å². The quantitative estimate of drug-likeness (QED) is 0.692. The molecule has 4 N–H and O–H groups in total. The minimum atomic E-state index is -0.779. The lowest BCUT2D eigenvalue weighted by atomic mass is 10.0. The average Bonchev–Trinajstić information content (AvgIpc) is 2.57. The Labute approximate surface area is 157 Å². The second-order valence-corrected chi connectivity index (χ2v) is 5.76. The fraction of sp³-hybridized carbons (Fsp3) is 0.278. The maximum Gasteiger partial charge on any atom is 0.303 e. The molecule has 2 aromatic carbocycles. The van der Waals surface area contributed by atoms with Crippen molar-refractivity contribution in [2.45, 2.75) is 25.3 Å². The van der Waals surface area contributed by atoms with E-state index in [9.17, 15) is 9.18 Å². The fourth-order valence-electron chi connectivity index (χ4n) is 1.81. The highest BCUT2D eigenvalue weighted by molar-refractivity contribution is 6.30. The van der Waals surface area contributed by atoms with Crippen LogP contribution in [-0.4, -0.2) is 23.3 Å². The predicted molar refractivity (Wildman–Crippen MR) is 99.4 cm³/mol. The largest absolute Gasteiger partial charge is 0.481 e. The molecule has 25 heavy (non-hydrogen) atoms. The van der Waals surface area contributed by atoms with Gasteiger partial charge in [-0.1, -0.05) is 41.4 Å². The Kier molecular flexibility index (Phi) is 12.7. The van der Waals surface area contributed by atoms with E-state index in [0.29, 0.717) is 22.9 Å². The van der Waals surface area contributed by atoms with Crippen LogP contribution in [0.25, 0.3) is 0 Å². The molecule has 0 heterocycles. The highest BCUT2D eigenvalue weighted by Crippen LogP contribution is 2.18. The van der Waals surface area contributed by atoms with Gasteiger partial charge in [-0.2, -0.15) is 0 Å². The van der Waals surface area contributed by atoms with E-state index in [1.807, 2.05) is 12.1 Å². The zero-order chi connectivity index (χ0) is 19.2. The van der Waals surface area contributed by atoms with Crippen molar-refractivity contribution in [1.82, 2.24) is 0 Å². The average molecular weight is 390 g/mol. The first-order valence-electron chi connectivity index (χ1n) is 7.47. The molecule has 2 aromatic rings. The molecule has 0 spiro atoms. The summed E-state index contributed by atoms with van der Waals surface area (Å²) in [6.07, 6.45) is 1.44. The monoisotopic (exact) mass is 389 g/mol. The molecule has 2 rings (SSSR count). The third-order valence-electron chi connectivity index (χ3n) is 2.99. The van der Waals surface area contributed by atoms with Crippen LogP contribution in [0.4, 0.5) is 4.39 Å². The Morgan fingerprint density at radius 2 is 1.72 bits per heavy atom. The van der Waals surface area contributed by atoms with Crippen LogP contribution in [0.1, 0.15) is 30.9 Å². The predicted octanol–water partition coefficient (Wildman–Crippen LogP) is 4.68. The van der Waals surface area contributed by atoms with Gasteiger partial charge in [-0.05, 0) is 48.7 Å². The molecule has 0 fully saturated rings. The van der Waals surface area contributed by atoms with Gasteiger partial charge in [0.15, 0.2) is 0 Å². The number of aliphatic hydroxyl groups excluding tert-OH is 1. The van der Waals surface area contributed by atoms with Crippen molar-refractivity contribution in [3.63, 3.8) is 0 Å². The standard InChI is InChI=1S/C11H14ClNO2.C6H4ClF.CH4O/c12-9-6-4-8(5-7-9)10(13)2-1-3-11(14)15;7-5-2-1-3-6(8)4-5;1-2/h4-7,10H,1-3,13H2,(H,14,15);1-4H;2H,1H3. The molecule has 138 valence electrons. The number of carboxylic acids is 1. The van der Waals surface area contributed by atoms with Crippen molar-refractivity contribution in [2.75, 3.05) is 7.11 Å². The van der Waals surface area contributed by atoms with Crippen molar-refractivity contribution in [3.8, 4) is 0 Å². The number of hydrogen-bond donors (Lipinski definition) is 3. The van der Waals surface area contributed by atoms with Gasteiger partial charge in [0.1, 0.15) is 5.82 Å². The van der Waals surface area contributed by atoms with Crippen molar-refractivity contribution in [3.05, 3.63) is 70.0 Å². The summed E-state index contributed by atoms with van der Waals surface area (Å²) in [4.78, 5) is 10.3. The molecule has 0 bridgehead atoms. The summed E-state index contributed by atoms with van der Waals surface area (Å²) in [6.45, 7) is 0. The van der Waals surface area contributed by atoms with E-state index < -0.39 is 5.97 Å². The molecular formula is C18H22Cl2FNO3. The van der Waals surface area contributed by atoms with Gasteiger partial charge in [0.25, 0.3) is 0 Å². The van der Waals surface area contributed by atoms with Crippen molar-refractivity contribution < 1.29 is 19.4 Å². The first-order chi connectivity index (χ1) is 11.9. The Hall–Kier alpha value is -1.66. The maximum atomic E-state index is 12.1. The molecule has 4 nitrogen and oxygen atoms in total. The number of rotatable bonds is 5. The van der Waals surface area contributed by atoms with Gasteiger partial charge in [-0.3, -0.25) is 4.79 Å². The number of halogens is 3. The lowest BCUT2D eigenvalue weighted by Crippen LogP contribution is -2.10. The molecule has 0 aromatic heterocycles. The van der Waals surface area contributed by atoms with Gasteiger partial charge in [-0.25, -0.2) is 4.39 Å². The SMILES string of the molecule is CO.Fc1cccc(Cl)c1.NC(CCCC(=O)O)c1ccc(Cl)cc1. The topological polar surface area (TPSA) is 83.5 Å². The third-order valence-corrected chi connectivity index (χ3v) is 3.48. The number of benzene rings is 2. The van der Waals surface area contributed by atoms with E-state index in [2.05, 4.69) is 0 Å². The summed E-state index contributed by atoms with van der Waals surface area (Å²) in [5, 5.41) is 16.6. The van der Waals surface area contributed by atoms with Gasteiger partial charge in [-0.15, -0.1) is 0 Å². The smallest absolute Gasteiger partial charge is 0.303 e. The second kappa shape index (κ2) is 13.6. The molecule has 1 unspecified atom stereocenters. The normalized spacial score (nSPS) is 10.6. The van der Waals surface area contributed by atoms with E-state index in [1.54, 1.807) is 24.3 Å². The zero-order valence-electron chi connectivity index (χ0n) is 13.8. The van der Waals surface area contributed by atoms with Gasteiger partial charge in [0.2, 0.25) is 0 Å². The van der Waals surface area contributed by atoms with Crippen LogP contribution in [0.3, 0.4) is 0 Å². The Balaban J connectivity index is 0.000000483. The lowest BCUT2D eigenvalue weighted by Gasteiger charge is -2.10. The lowest BCUT2D eigenvalue weighted by molar-refractivity contribution is -0.137. The van der Waals surface area contributed by atoms with E-state index in [1.165, 1.54) is 12.1 Å². The Morgan fingerprint density at radius 1 is 1.12 bits per heavy atom. The number of carbonyl (C=O) groups is 1. The van der Waals surface area contributed by atoms with E-state index in [4.69, 9.17) is 39.1 Å². The summed E-state index contributed by atoms with van der Waals surface area (Å²) in [7, 11) is 1.00. The summed E-state index contributed by atoms with van der Waals surface area (Å²) >= 11 is 11.1. The van der Waals surface area contributed by atoms with Gasteiger partial charge in [0, 0.05) is 29.6 Å². The molecule has 0 aliphatic heterocycles. The summed E-state index contributed by atoms with van der Waals surface area (Å²) in [5.41, 5.74) is 6.89. The number of aliphatic hydroxyl groups is 1. The Bertz CT molecular complexity index is 607. The van der Waals surface area contributed by atoms with Crippen LogP contribution in [0.5, 0.6) is 0 Å². The maximum absolute atomic E-state index is 12.1. The first-order valence-corrected chi connectivity index (χ1v) is 8.22. The highest BCUT2D eigenvalue weighted by atomic mass is 35.5. The minimum absolute atomic E-state index is 0.110. The number of hydrogen-bond acceptors (Lipinski definition) is 3. The highest BCUT2D eigenvalue weighted by Gasteiger charge is 2.06. The van der Waals surface area contributed by atoms with E-state index >= 15 is 0 Å². The van der Waals surface area contributed by atoms with Crippen LogP contribution >= 0.6 is 23.2 Å². The molecule has 0 amide bonds. The first kappa shape index (κ1) is 23.3. The van der Waals surface area contributed by atoms with E-state index in [-0.39, 0.29) is 18.3 Å². The number of nitrogens with two attached hydrogens (primary N) is 1. The molecule has 0 saturated carbocycles. The van der Waals surface area contributed by atoms with Crippen LogP contribution in [0.15, 0.2) is 48.5 Å². The Morgan fingerprint density at radius 3 is 2.16 bits per heavy atom. The van der Waals surface area contributed by atoms with Crippen LogP contribution < -0.4 is 5.73 Å². The molecule has 1 atom stereocenters. The zero-order valence-corrected chi connectivity index (χ0v) is 15.3. The number of carboxylic acid groups (broad SMARTS) is 1.